The fourth-order valence-electron chi connectivity index (χ4n) is 2.21. The number of esters is 1. The Hall–Kier alpha value is -3.29. The van der Waals surface area contributed by atoms with E-state index in [1.807, 2.05) is 13.8 Å². The molecule has 0 aliphatic heterocycles. The van der Waals surface area contributed by atoms with Crippen molar-refractivity contribution in [2.24, 2.45) is 0 Å². The number of nitrogens with one attached hydrogen (secondary N) is 1. The van der Waals surface area contributed by atoms with E-state index in [9.17, 15) is 14.0 Å². The molecule has 0 aliphatic carbocycles. The number of carbonyl (C=O) groups is 2. The third-order valence-corrected chi connectivity index (χ3v) is 3.34. The predicted molar refractivity (Wildman–Crippen MR) is 100 cm³/mol. The summed E-state index contributed by atoms with van der Waals surface area (Å²) in [6.45, 7) is 3.71. The number of benzene rings is 2. The van der Waals surface area contributed by atoms with Crippen molar-refractivity contribution in [1.29, 1.82) is 0 Å². The fraction of sp³-hybridized carbons (Fsp3) is 0.300. The van der Waals surface area contributed by atoms with E-state index < -0.39 is 30.9 Å². The molecule has 1 N–H and O–H groups in total. The van der Waals surface area contributed by atoms with Crippen LogP contribution in [0, 0.1) is 5.82 Å². The Balaban J connectivity index is 1.81. The van der Waals surface area contributed by atoms with Crippen molar-refractivity contribution in [2.45, 2.75) is 13.8 Å². The molecule has 7 nitrogen and oxygen atoms in total. The van der Waals surface area contributed by atoms with Crippen molar-refractivity contribution >= 4 is 17.6 Å². The average Bonchev–Trinajstić information content (AvgIpc) is 2.67. The van der Waals surface area contributed by atoms with Crippen molar-refractivity contribution < 1.29 is 32.9 Å². The first kappa shape index (κ1) is 21.0. The van der Waals surface area contributed by atoms with Crippen LogP contribution in [-0.4, -0.2) is 38.3 Å². The zero-order chi connectivity index (χ0) is 20.4. The second-order valence-corrected chi connectivity index (χ2v) is 5.48. The minimum atomic E-state index is -0.749. The molecule has 0 radical (unpaired) electrons. The van der Waals surface area contributed by atoms with Crippen LogP contribution in [0.1, 0.15) is 13.8 Å². The molecule has 0 saturated carbocycles. The van der Waals surface area contributed by atoms with Gasteiger partial charge in [0.2, 0.25) is 0 Å². The molecule has 0 spiro atoms. The number of amides is 1. The third-order valence-electron chi connectivity index (χ3n) is 3.34. The zero-order valence-corrected chi connectivity index (χ0v) is 15.7. The molecular formula is C20H22FNO6. The highest BCUT2D eigenvalue weighted by Gasteiger charge is 2.11. The molecule has 1 amide bonds. The van der Waals surface area contributed by atoms with E-state index in [0.29, 0.717) is 30.4 Å². The second-order valence-electron chi connectivity index (χ2n) is 5.48. The summed E-state index contributed by atoms with van der Waals surface area (Å²) in [5.41, 5.74) is 0.476. The Bertz CT molecular complexity index is 811. The van der Waals surface area contributed by atoms with Crippen LogP contribution >= 0.6 is 0 Å². The molecule has 8 heteroatoms. The number of ether oxygens (including phenoxy) is 4. The van der Waals surface area contributed by atoms with Gasteiger partial charge in [-0.05, 0) is 38.1 Å². The summed E-state index contributed by atoms with van der Waals surface area (Å²) in [6, 6.07) is 10.3. The number of hydrogen-bond donors (Lipinski definition) is 1. The Morgan fingerprint density at radius 1 is 0.929 bits per heavy atom. The van der Waals surface area contributed by atoms with Crippen molar-refractivity contribution in [1.82, 2.24) is 0 Å². The summed E-state index contributed by atoms with van der Waals surface area (Å²) >= 11 is 0. The van der Waals surface area contributed by atoms with Crippen LogP contribution in [0.3, 0.4) is 0 Å². The van der Waals surface area contributed by atoms with Crippen molar-refractivity contribution in [3.05, 3.63) is 48.3 Å². The molecule has 150 valence electrons. The van der Waals surface area contributed by atoms with E-state index in [2.05, 4.69) is 5.32 Å². The lowest BCUT2D eigenvalue weighted by molar-refractivity contribution is -0.149. The van der Waals surface area contributed by atoms with E-state index in [4.69, 9.17) is 18.9 Å². The largest absolute Gasteiger partial charge is 0.490 e. The molecular weight excluding hydrogens is 369 g/mol. The van der Waals surface area contributed by atoms with Crippen LogP contribution in [0.2, 0.25) is 0 Å². The summed E-state index contributed by atoms with van der Waals surface area (Å²) in [5.74, 6) is -0.482. The molecule has 28 heavy (non-hydrogen) atoms. The molecule has 2 rings (SSSR count). The molecule has 0 fully saturated rings. The smallest absolute Gasteiger partial charge is 0.344 e. The Morgan fingerprint density at radius 3 is 2.39 bits per heavy atom. The molecule has 0 atom stereocenters. The van der Waals surface area contributed by atoms with Gasteiger partial charge in [-0.3, -0.25) is 4.79 Å². The fourth-order valence-corrected chi connectivity index (χ4v) is 2.21. The maximum Gasteiger partial charge on any atom is 0.344 e. The van der Waals surface area contributed by atoms with E-state index in [1.165, 1.54) is 18.2 Å². The number of carbonyl (C=O) groups excluding carboxylic acids is 2. The standard InChI is InChI=1S/C20H22FNO6/c1-3-25-17-9-8-15(11-18(17)26-4-2)22-19(23)12-28-20(24)13-27-16-7-5-6-14(21)10-16/h5-11H,3-4,12-13H2,1-2H3,(H,22,23). The van der Waals surface area contributed by atoms with Gasteiger partial charge in [0, 0.05) is 17.8 Å². The number of anilines is 1. The first-order chi connectivity index (χ1) is 13.5. The van der Waals surface area contributed by atoms with Gasteiger partial charge in [0.15, 0.2) is 24.7 Å². The maximum absolute atomic E-state index is 13.0. The Labute approximate surface area is 162 Å². The summed E-state index contributed by atoms with van der Waals surface area (Å²) in [7, 11) is 0. The van der Waals surface area contributed by atoms with Gasteiger partial charge >= 0.3 is 5.97 Å². The van der Waals surface area contributed by atoms with Gasteiger partial charge in [0.25, 0.3) is 5.91 Å². The topological polar surface area (TPSA) is 83.1 Å². The SMILES string of the molecule is CCOc1ccc(NC(=O)COC(=O)COc2cccc(F)c2)cc1OCC. The molecule has 0 heterocycles. The van der Waals surface area contributed by atoms with Gasteiger partial charge in [-0.25, -0.2) is 9.18 Å². The molecule has 0 aromatic heterocycles. The van der Waals surface area contributed by atoms with Crippen LogP contribution < -0.4 is 19.5 Å². The van der Waals surface area contributed by atoms with Crippen molar-refractivity contribution in [3.8, 4) is 17.2 Å². The summed E-state index contributed by atoms with van der Waals surface area (Å²) < 4.78 is 33.9. The lowest BCUT2D eigenvalue weighted by Crippen LogP contribution is -2.23. The van der Waals surface area contributed by atoms with Gasteiger partial charge in [-0.2, -0.15) is 0 Å². The highest BCUT2D eigenvalue weighted by atomic mass is 19.1. The lowest BCUT2D eigenvalue weighted by Gasteiger charge is -2.13. The van der Waals surface area contributed by atoms with Crippen LogP contribution in [0.15, 0.2) is 42.5 Å². The molecule has 2 aromatic rings. The van der Waals surface area contributed by atoms with E-state index >= 15 is 0 Å². The highest BCUT2D eigenvalue weighted by molar-refractivity contribution is 5.93. The molecule has 0 aliphatic rings. The van der Waals surface area contributed by atoms with E-state index in [-0.39, 0.29) is 5.75 Å². The highest BCUT2D eigenvalue weighted by Crippen LogP contribution is 2.30. The average molecular weight is 391 g/mol. The van der Waals surface area contributed by atoms with Gasteiger partial charge in [0.05, 0.1) is 13.2 Å². The van der Waals surface area contributed by atoms with Gasteiger partial charge in [-0.15, -0.1) is 0 Å². The van der Waals surface area contributed by atoms with Gasteiger partial charge in [0.1, 0.15) is 11.6 Å². The second kappa shape index (κ2) is 10.8. The van der Waals surface area contributed by atoms with Crippen LogP contribution in [0.5, 0.6) is 17.2 Å². The quantitative estimate of drug-likeness (QED) is 0.627. The van der Waals surface area contributed by atoms with Crippen molar-refractivity contribution in [2.75, 3.05) is 31.7 Å². The van der Waals surface area contributed by atoms with Crippen LogP contribution in [0.25, 0.3) is 0 Å². The Morgan fingerprint density at radius 2 is 1.68 bits per heavy atom. The predicted octanol–water partition coefficient (Wildman–Crippen LogP) is 3.18. The summed E-state index contributed by atoms with van der Waals surface area (Å²) in [5, 5.41) is 2.60. The summed E-state index contributed by atoms with van der Waals surface area (Å²) in [4.78, 5) is 23.6. The van der Waals surface area contributed by atoms with Gasteiger partial charge in [-0.1, -0.05) is 6.07 Å². The summed E-state index contributed by atoms with van der Waals surface area (Å²) in [6.07, 6.45) is 0. The maximum atomic E-state index is 13.0. The van der Waals surface area contributed by atoms with E-state index in [0.717, 1.165) is 6.07 Å². The Kier molecular flexibility index (Phi) is 8.08. The number of rotatable bonds is 10. The van der Waals surface area contributed by atoms with Crippen molar-refractivity contribution in [3.63, 3.8) is 0 Å². The third kappa shape index (κ3) is 6.79. The monoisotopic (exact) mass is 391 g/mol. The number of hydrogen-bond acceptors (Lipinski definition) is 6. The zero-order valence-electron chi connectivity index (χ0n) is 15.7. The first-order valence-corrected chi connectivity index (χ1v) is 8.75. The minimum Gasteiger partial charge on any atom is -0.490 e. The molecule has 0 bridgehead atoms. The first-order valence-electron chi connectivity index (χ1n) is 8.75. The molecule has 0 unspecified atom stereocenters. The number of halogens is 1. The van der Waals surface area contributed by atoms with E-state index in [1.54, 1.807) is 18.2 Å². The van der Waals surface area contributed by atoms with Gasteiger partial charge < -0.3 is 24.3 Å². The minimum absolute atomic E-state index is 0.194. The normalized spacial score (nSPS) is 10.1. The van der Waals surface area contributed by atoms with Crippen LogP contribution in [0.4, 0.5) is 10.1 Å². The molecule has 2 aromatic carbocycles. The van der Waals surface area contributed by atoms with Crippen LogP contribution in [-0.2, 0) is 14.3 Å². The molecule has 0 saturated heterocycles. The lowest BCUT2D eigenvalue weighted by atomic mass is 10.2.